The largest absolute Gasteiger partial charge is 0.496 e. The number of hydrogen-bond acceptors (Lipinski definition) is 4. The summed E-state index contributed by atoms with van der Waals surface area (Å²) in [6, 6.07) is 6.66. The van der Waals surface area contributed by atoms with Gasteiger partial charge in [-0.3, -0.25) is 4.79 Å². The summed E-state index contributed by atoms with van der Waals surface area (Å²) in [6.07, 6.45) is 0. The average molecular weight is 277 g/mol. The van der Waals surface area contributed by atoms with Crippen molar-refractivity contribution >= 4 is 17.4 Å². The SMILES string of the molecule is COc1ccc(Cl)cc1C(=O)c1cc(C)nnc1C. The molecule has 1 heterocycles. The van der Waals surface area contributed by atoms with Gasteiger partial charge in [0.2, 0.25) is 0 Å². The summed E-state index contributed by atoms with van der Waals surface area (Å²) < 4.78 is 5.20. The third-order valence-corrected chi connectivity index (χ3v) is 2.99. The summed E-state index contributed by atoms with van der Waals surface area (Å²) in [5.74, 6) is 0.318. The van der Waals surface area contributed by atoms with Crippen LogP contribution in [0.25, 0.3) is 0 Å². The molecular weight excluding hydrogens is 264 g/mol. The van der Waals surface area contributed by atoms with Crippen molar-refractivity contribution in [1.82, 2.24) is 10.2 Å². The van der Waals surface area contributed by atoms with E-state index in [2.05, 4.69) is 10.2 Å². The Bertz CT molecular complexity index is 641. The van der Waals surface area contributed by atoms with Crippen LogP contribution in [-0.2, 0) is 0 Å². The van der Waals surface area contributed by atoms with E-state index in [1.165, 1.54) is 7.11 Å². The Balaban J connectivity index is 2.55. The van der Waals surface area contributed by atoms with E-state index in [-0.39, 0.29) is 5.78 Å². The number of ether oxygens (including phenoxy) is 1. The summed E-state index contributed by atoms with van der Waals surface area (Å²) in [7, 11) is 1.52. The Kier molecular flexibility index (Phi) is 3.81. The number of rotatable bonds is 3. The first kappa shape index (κ1) is 13.5. The van der Waals surface area contributed by atoms with Gasteiger partial charge in [0.25, 0.3) is 0 Å². The van der Waals surface area contributed by atoms with Crippen molar-refractivity contribution in [2.75, 3.05) is 7.11 Å². The monoisotopic (exact) mass is 276 g/mol. The predicted molar refractivity (Wildman–Crippen MR) is 72.9 cm³/mol. The van der Waals surface area contributed by atoms with Gasteiger partial charge in [0.15, 0.2) is 5.78 Å². The number of aromatic nitrogens is 2. The van der Waals surface area contributed by atoms with Crippen molar-refractivity contribution < 1.29 is 9.53 Å². The zero-order valence-corrected chi connectivity index (χ0v) is 11.7. The Morgan fingerprint density at radius 3 is 2.58 bits per heavy atom. The smallest absolute Gasteiger partial charge is 0.198 e. The van der Waals surface area contributed by atoms with Crippen molar-refractivity contribution in [1.29, 1.82) is 0 Å². The van der Waals surface area contributed by atoms with E-state index < -0.39 is 0 Å². The van der Waals surface area contributed by atoms with Crippen LogP contribution in [0, 0.1) is 13.8 Å². The van der Waals surface area contributed by atoms with E-state index in [0.717, 1.165) is 0 Å². The van der Waals surface area contributed by atoms with Gasteiger partial charge in [0.05, 0.1) is 24.1 Å². The van der Waals surface area contributed by atoms with E-state index in [9.17, 15) is 4.79 Å². The topological polar surface area (TPSA) is 52.1 Å². The van der Waals surface area contributed by atoms with Crippen LogP contribution in [0.3, 0.4) is 0 Å². The lowest BCUT2D eigenvalue weighted by Crippen LogP contribution is -2.08. The molecular formula is C14H13ClN2O2. The summed E-state index contributed by atoms with van der Waals surface area (Å²) in [5.41, 5.74) is 2.20. The Labute approximate surface area is 116 Å². The predicted octanol–water partition coefficient (Wildman–Crippen LogP) is 2.99. The Hall–Kier alpha value is -1.94. The highest BCUT2D eigenvalue weighted by Gasteiger charge is 2.18. The van der Waals surface area contributed by atoms with Crippen LogP contribution < -0.4 is 4.74 Å². The Morgan fingerprint density at radius 1 is 1.16 bits per heavy atom. The third kappa shape index (κ3) is 2.74. The number of hydrogen-bond donors (Lipinski definition) is 0. The van der Waals surface area contributed by atoms with Crippen molar-refractivity contribution in [3.63, 3.8) is 0 Å². The lowest BCUT2D eigenvalue weighted by molar-refractivity contribution is 0.103. The van der Waals surface area contributed by atoms with E-state index in [1.54, 1.807) is 38.1 Å². The third-order valence-electron chi connectivity index (χ3n) is 2.75. The standard InChI is InChI=1S/C14H13ClN2O2/c1-8-6-11(9(2)17-16-8)14(18)12-7-10(15)4-5-13(12)19-3/h4-7H,1-3H3. The zero-order valence-electron chi connectivity index (χ0n) is 10.9. The molecule has 0 saturated carbocycles. The molecule has 0 fully saturated rings. The maximum Gasteiger partial charge on any atom is 0.198 e. The second-order valence-electron chi connectivity index (χ2n) is 4.16. The molecule has 5 heteroatoms. The van der Waals surface area contributed by atoms with Gasteiger partial charge in [-0.2, -0.15) is 10.2 Å². The lowest BCUT2D eigenvalue weighted by atomic mass is 10.0. The number of halogens is 1. The number of ketones is 1. The van der Waals surface area contributed by atoms with Gasteiger partial charge < -0.3 is 4.74 Å². The molecule has 2 aromatic rings. The minimum atomic E-state index is -0.171. The minimum absolute atomic E-state index is 0.171. The van der Waals surface area contributed by atoms with E-state index in [1.807, 2.05) is 0 Å². The van der Waals surface area contributed by atoms with Crippen molar-refractivity contribution in [2.45, 2.75) is 13.8 Å². The second kappa shape index (κ2) is 5.36. The molecule has 0 bridgehead atoms. The Morgan fingerprint density at radius 2 is 1.89 bits per heavy atom. The maximum atomic E-state index is 12.5. The minimum Gasteiger partial charge on any atom is -0.496 e. The number of aryl methyl sites for hydroxylation is 2. The van der Waals surface area contributed by atoms with E-state index >= 15 is 0 Å². The molecule has 0 atom stereocenters. The van der Waals surface area contributed by atoms with E-state index in [0.29, 0.717) is 33.3 Å². The normalized spacial score (nSPS) is 10.3. The van der Waals surface area contributed by atoms with Gasteiger partial charge in [-0.15, -0.1) is 0 Å². The van der Waals surface area contributed by atoms with Gasteiger partial charge in [-0.1, -0.05) is 11.6 Å². The van der Waals surface area contributed by atoms with Crippen LogP contribution >= 0.6 is 11.6 Å². The molecule has 2 rings (SSSR count). The van der Waals surface area contributed by atoms with Gasteiger partial charge in [-0.05, 0) is 38.1 Å². The maximum absolute atomic E-state index is 12.5. The van der Waals surface area contributed by atoms with Crippen molar-refractivity contribution in [3.8, 4) is 5.75 Å². The van der Waals surface area contributed by atoms with Crippen LogP contribution in [0.1, 0.15) is 27.3 Å². The number of methoxy groups -OCH3 is 1. The highest BCUT2D eigenvalue weighted by molar-refractivity contribution is 6.31. The molecule has 0 aliphatic rings. The molecule has 0 N–H and O–H groups in total. The highest BCUT2D eigenvalue weighted by atomic mass is 35.5. The van der Waals surface area contributed by atoms with Gasteiger partial charge in [0, 0.05) is 10.6 Å². The lowest BCUT2D eigenvalue weighted by Gasteiger charge is -2.09. The van der Waals surface area contributed by atoms with E-state index in [4.69, 9.17) is 16.3 Å². The molecule has 0 amide bonds. The molecule has 0 aliphatic heterocycles. The number of carbonyl (C=O) groups is 1. The van der Waals surface area contributed by atoms with Crippen LogP contribution in [0.15, 0.2) is 24.3 Å². The van der Waals surface area contributed by atoms with Crippen molar-refractivity contribution in [2.24, 2.45) is 0 Å². The fourth-order valence-corrected chi connectivity index (χ4v) is 1.95. The summed E-state index contributed by atoms with van der Waals surface area (Å²) in [6.45, 7) is 3.54. The fourth-order valence-electron chi connectivity index (χ4n) is 1.78. The molecule has 98 valence electrons. The molecule has 0 radical (unpaired) electrons. The second-order valence-corrected chi connectivity index (χ2v) is 4.59. The fraction of sp³-hybridized carbons (Fsp3) is 0.214. The molecule has 0 unspecified atom stereocenters. The van der Waals surface area contributed by atoms with Gasteiger partial charge in [0.1, 0.15) is 5.75 Å². The number of benzene rings is 1. The molecule has 0 spiro atoms. The molecule has 0 saturated heterocycles. The first-order valence-corrected chi connectivity index (χ1v) is 6.10. The van der Waals surface area contributed by atoms with Crippen LogP contribution in [-0.4, -0.2) is 23.1 Å². The van der Waals surface area contributed by atoms with Gasteiger partial charge in [-0.25, -0.2) is 0 Å². The summed E-state index contributed by atoms with van der Waals surface area (Å²) in [5, 5.41) is 8.36. The number of carbonyl (C=O) groups excluding carboxylic acids is 1. The van der Waals surface area contributed by atoms with Crippen LogP contribution in [0.4, 0.5) is 0 Å². The first-order valence-electron chi connectivity index (χ1n) is 5.72. The first-order chi connectivity index (χ1) is 9.02. The number of nitrogens with zero attached hydrogens (tertiary/aromatic N) is 2. The molecule has 1 aromatic heterocycles. The quantitative estimate of drug-likeness (QED) is 0.809. The molecule has 19 heavy (non-hydrogen) atoms. The summed E-state index contributed by atoms with van der Waals surface area (Å²) in [4.78, 5) is 12.5. The highest BCUT2D eigenvalue weighted by Crippen LogP contribution is 2.25. The van der Waals surface area contributed by atoms with Crippen LogP contribution in [0.5, 0.6) is 5.75 Å². The molecule has 4 nitrogen and oxygen atoms in total. The molecule has 1 aromatic carbocycles. The summed E-state index contributed by atoms with van der Waals surface area (Å²) >= 11 is 5.94. The van der Waals surface area contributed by atoms with Gasteiger partial charge >= 0.3 is 0 Å². The van der Waals surface area contributed by atoms with Crippen LogP contribution in [0.2, 0.25) is 5.02 Å². The zero-order chi connectivity index (χ0) is 14.0. The average Bonchev–Trinajstić information content (AvgIpc) is 2.40. The van der Waals surface area contributed by atoms with Crippen molar-refractivity contribution in [3.05, 3.63) is 51.8 Å². The molecule has 0 aliphatic carbocycles.